The summed E-state index contributed by atoms with van der Waals surface area (Å²) in [6.45, 7) is -0.829. The first kappa shape index (κ1) is 37.3. The van der Waals surface area contributed by atoms with Gasteiger partial charge < -0.3 is 61.4 Å². The second-order valence-electron chi connectivity index (χ2n) is 9.79. The van der Waals surface area contributed by atoms with Gasteiger partial charge in [-0.15, -0.1) is 0 Å². The summed E-state index contributed by atoms with van der Waals surface area (Å²) >= 11 is 0. The van der Waals surface area contributed by atoms with Crippen LogP contribution in [0, 0.1) is 0 Å². The first-order valence-corrected chi connectivity index (χ1v) is 13.5. The predicted molar refractivity (Wildman–Crippen MR) is 145 cm³/mol. The molecule has 1 aromatic rings. The number of nitrogens with zero attached hydrogens (tertiary/aromatic N) is 2. The van der Waals surface area contributed by atoms with Crippen molar-refractivity contribution in [2.45, 2.75) is 93.9 Å². The number of ether oxygens (including phenoxy) is 2. The number of nitrogen functional groups attached to an aromatic ring is 1. The van der Waals surface area contributed by atoms with Crippen LogP contribution in [0.1, 0.15) is 51.2 Å². The van der Waals surface area contributed by atoms with Crippen molar-refractivity contribution < 1.29 is 59.9 Å². The lowest BCUT2D eigenvalue weighted by molar-refractivity contribution is -0.150. The fourth-order valence-corrected chi connectivity index (χ4v) is 3.93. The fraction of sp³-hybridized carbons (Fsp3) is 0.760. The van der Waals surface area contributed by atoms with Crippen molar-refractivity contribution in [2.75, 3.05) is 32.5 Å². The van der Waals surface area contributed by atoms with Crippen LogP contribution in [-0.4, -0.2) is 132 Å². The molecule has 0 amide bonds. The molecular weight excluding hydrogens is 564 g/mol. The maximum absolute atomic E-state index is 11.9. The van der Waals surface area contributed by atoms with E-state index in [0.29, 0.717) is 12.8 Å². The number of hydrogen-bond donors (Lipinski definition) is 10. The molecular formula is C25H44N4O13. The molecule has 2 heterocycles. The molecule has 11 N–H and O–H groups in total. The standard InChI is InChI=1S/C18H27N3O8.C7H17NO5/c19-12-8-9-21(18(27)20-12)17-16(26)15(25)11(29-17)10-28-14(24)7-5-3-1-2-4-6-13(22)23;1-8-2-4(10)6(12)7(13)5(11)3-9/h8-9,11,15-17,25-26H,1-7,10H2,(H,22,23)(H2,19,20,27);4-13H,2-3H2,1H3/t11-,15-,16+,17-;4-,5+,6+,7+/m10/s1. The van der Waals surface area contributed by atoms with Gasteiger partial charge in [-0.05, 0) is 26.0 Å². The fourth-order valence-electron chi connectivity index (χ4n) is 3.93. The molecule has 0 unspecified atom stereocenters. The van der Waals surface area contributed by atoms with Crippen LogP contribution >= 0.6 is 0 Å². The maximum Gasteiger partial charge on any atom is 0.351 e. The largest absolute Gasteiger partial charge is 0.481 e. The third-order valence-electron chi connectivity index (χ3n) is 6.38. The number of carbonyl (C=O) groups excluding carboxylic acids is 1. The Bertz CT molecular complexity index is 997. The van der Waals surface area contributed by atoms with E-state index in [9.17, 15) is 29.7 Å². The summed E-state index contributed by atoms with van der Waals surface area (Å²) < 4.78 is 11.6. The van der Waals surface area contributed by atoms with Gasteiger partial charge >= 0.3 is 17.6 Å². The monoisotopic (exact) mass is 608 g/mol. The molecule has 1 saturated heterocycles. The molecule has 0 aromatic carbocycles. The second-order valence-corrected chi connectivity index (χ2v) is 9.79. The van der Waals surface area contributed by atoms with Crippen molar-refractivity contribution in [3.8, 4) is 0 Å². The molecule has 17 heteroatoms. The van der Waals surface area contributed by atoms with Crippen molar-refractivity contribution in [2.24, 2.45) is 0 Å². The highest BCUT2D eigenvalue weighted by molar-refractivity contribution is 5.69. The van der Waals surface area contributed by atoms with Crippen LogP contribution in [0.15, 0.2) is 17.1 Å². The molecule has 1 aromatic heterocycles. The summed E-state index contributed by atoms with van der Waals surface area (Å²) in [7, 11) is 1.57. The first-order chi connectivity index (χ1) is 19.8. The van der Waals surface area contributed by atoms with E-state index >= 15 is 0 Å². The number of esters is 1. The summed E-state index contributed by atoms with van der Waals surface area (Å²) in [5, 5.41) is 76.3. The summed E-state index contributed by atoms with van der Waals surface area (Å²) in [5.41, 5.74) is 4.69. The summed E-state index contributed by atoms with van der Waals surface area (Å²) in [5.74, 6) is -1.25. The van der Waals surface area contributed by atoms with Crippen LogP contribution < -0.4 is 16.7 Å². The quantitative estimate of drug-likeness (QED) is 0.0605. The number of aliphatic hydroxyl groups is 7. The van der Waals surface area contributed by atoms with Crippen molar-refractivity contribution in [3.63, 3.8) is 0 Å². The average molecular weight is 609 g/mol. The Kier molecular flexibility index (Phi) is 17.3. The van der Waals surface area contributed by atoms with Gasteiger partial charge in [0.2, 0.25) is 0 Å². The zero-order valence-corrected chi connectivity index (χ0v) is 23.4. The molecule has 0 saturated carbocycles. The van der Waals surface area contributed by atoms with Crippen LogP contribution in [0.3, 0.4) is 0 Å². The predicted octanol–water partition coefficient (Wildman–Crippen LogP) is -3.56. The number of anilines is 1. The van der Waals surface area contributed by atoms with Crippen molar-refractivity contribution in [1.82, 2.24) is 14.9 Å². The highest BCUT2D eigenvalue weighted by Crippen LogP contribution is 2.28. The Morgan fingerprint density at radius 1 is 1.05 bits per heavy atom. The molecule has 17 nitrogen and oxygen atoms in total. The van der Waals surface area contributed by atoms with Gasteiger partial charge in [-0.2, -0.15) is 4.98 Å². The van der Waals surface area contributed by atoms with E-state index in [4.69, 9.17) is 40.7 Å². The van der Waals surface area contributed by atoms with Gasteiger partial charge in [0.25, 0.3) is 0 Å². The van der Waals surface area contributed by atoms with E-state index in [1.165, 1.54) is 12.3 Å². The summed E-state index contributed by atoms with van der Waals surface area (Å²) in [6.07, 6.45) is -5.26. The maximum atomic E-state index is 11.9. The van der Waals surface area contributed by atoms with E-state index in [1.807, 2.05) is 0 Å². The van der Waals surface area contributed by atoms with Crippen molar-refractivity contribution in [1.29, 1.82) is 0 Å². The van der Waals surface area contributed by atoms with E-state index in [1.54, 1.807) is 7.05 Å². The number of carbonyl (C=O) groups is 2. The number of nitrogens with one attached hydrogen (secondary N) is 1. The van der Waals surface area contributed by atoms with Gasteiger partial charge in [0.05, 0.1) is 12.7 Å². The minimum absolute atomic E-state index is 0.0200. The molecule has 42 heavy (non-hydrogen) atoms. The summed E-state index contributed by atoms with van der Waals surface area (Å²) in [6, 6.07) is 1.36. The number of aliphatic hydroxyl groups excluding tert-OH is 7. The van der Waals surface area contributed by atoms with Gasteiger partial charge in [-0.3, -0.25) is 14.2 Å². The summed E-state index contributed by atoms with van der Waals surface area (Å²) in [4.78, 5) is 37.7. The zero-order valence-electron chi connectivity index (χ0n) is 23.4. The first-order valence-electron chi connectivity index (χ1n) is 13.5. The molecule has 0 spiro atoms. The number of hydrogen-bond acceptors (Lipinski definition) is 15. The average Bonchev–Trinajstić information content (AvgIpc) is 3.23. The van der Waals surface area contributed by atoms with Gasteiger partial charge in [-0.1, -0.05) is 19.3 Å². The van der Waals surface area contributed by atoms with Crippen LogP contribution in [0.25, 0.3) is 0 Å². The van der Waals surface area contributed by atoms with Crippen LogP contribution in [0.2, 0.25) is 0 Å². The number of unbranched alkanes of at least 4 members (excludes halogenated alkanes) is 4. The van der Waals surface area contributed by atoms with Gasteiger partial charge in [0.1, 0.15) is 49.0 Å². The van der Waals surface area contributed by atoms with Crippen molar-refractivity contribution >= 4 is 17.8 Å². The van der Waals surface area contributed by atoms with E-state index in [2.05, 4.69) is 10.3 Å². The van der Waals surface area contributed by atoms with Crippen LogP contribution in [0.4, 0.5) is 5.82 Å². The number of aromatic nitrogens is 2. The lowest BCUT2D eigenvalue weighted by atomic mass is 10.0. The number of likely N-dealkylation sites (N-methyl/N-ethyl adjacent to an activating group) is 1. The minimum atomic E-state index is -1.55. The zero-order chi connectivity index (χ0) is 31.8. The number of carboxylic acids is 1. The highest BCUT2D eigenvalue weighted by atomic mass is 16.6. The molecule has 1 fully saturated rings. The highest BCUT2D eigenvalue weighted by Gasteiger charge is 2.44. The van der Waals surface area contributed by atoms with E-state index in [-0.39, 0.29) is 31.8 Å². The number of aliphatic carboxylic acids is 1. The number of carboxylic acid groups (broad SMARTS) is 1. The second kappa shape index (κ2) is 19.4. The Morgan fingerprint density at radius 3 is 2.21 bits per heavy atom. The Hall–Kier alpha value is -2.74. The Balaban J connectivity index is 0.000000572. The normalized spacial score (nSPS) is 22.9. The molecule has 242 valence electrons. The van der Waals surface area contributed by atoms with Crippen molar-refractivity contribution in [3.05, 3.63) is 22.7 Å². The Labute approximate surface area is 242 Å². The number of rotatable bonds is 17. The SMILES string of the molecule is CNC[C@H](O)[C@@H](O)[C@H](O)[C@H](O)CO.Nc1ccn([C@@H]2O[C@H](COC(=O)CCCCCCCC(=O)O)[C@@H](O)[C@@H]2O)c(=O)n1. The molecule has 1 aliphatic rings. The molecule has 8 atom stereocenters. The molecule has 0 aliphatic carbocycles. The topological polar surface area (TPSA) is 287 Å². The van der Waals surface area contributed by atoms with E-state index in [0.717, 1.165) is 23.8 Å². The van der Waals surface area contributed by atoms with E-state index < -0.39 is 73.2 Å². The third kappa shape index (κ3) is 12.6. The molecule has 0 radical (unpaired) electrons. The van der Waals surface area contributed by atoms with Gasteiger partial charge in [0.15, 0.2) is 6.23 Å². The lowest BCUT2D eigenvalue weighted by Gasteiger charge is -2.25. The van der Waals surface area contributed by atoms with Crippen LogP contribution in [-0.2, 0) is 19.1 Å². The third-order valence-corrected chi connectivity index (χ3v) is 6.38. The van der Waals surface area contributed by atoms with Gasteiger partial charge in [0, 0.05) is 25.6 Å². The minimum Gasteiger partial charge on any atom is -0.481 e. The number of nitrogens with two attached hydrogens (primary N) is 1. The van der Waals surface area contributed by atoms with Gasteiger partial charge in [-0.25, -0.2) is 4.79 Å². The van der Waals surface area contributed by atoms with Crippen LogP contribution in [0.5, 0.6) is 0 Å². The molecule has 2 rings (SSSR count). The molecule has 0 bridgehead atoms. The Morgan fingerprint density at radius 2 is 1.64 bits per heavy atom. The lowest BCUT2D eigenvalue weighted by Crippen LogP contribution is -2.48. The molecule has 1 aliphatic heterocycles. The smallest absolute Gasteiger partial charge is 0.351 e.